The lowest BCUT2D eigenvalue weighted by atomic mass is 9.77. The lowest BCUT2D eigenvalue weighted by Crippen LogP contribution is -2.56. The Bertz CT molecular complexity index is 940. The minimum absolute atomic E-state index is 0.0366. The number of pyridine rings is 1. The fourth-order valence-electron chi connectivity index (χ4n) is 4.89. The van der Waals surface area contributed by atoms with Crippen molar-refractivity contribution in [2.45, 2.75) is 49.8 Å². The second-order valence-electron chi connectivity index (χ2n) is 8.35. The van der Waals surface area contributed by atoms with Crippen LogP contribution in [0.4, 0.5) is 5.82 Å². The first-order chi connectivity index (χ1) is 14.7. The summed E-state index contributed by atoms with van der Waals surface area (Å²) in [5.41, 5.74) is 0.919. The molecule has 1 aliphatic carbocycles. The quantitative estimate of drug-likeness (QED) is 0.752. The Morgan fingerprint density at radius 1 is 1.23 bits per heavy atom. The Balaban J connectivity index is 1.23. The Morgan fingerprint density at radius 3 is 2.60 bits per heavy atom. The average Bonchev–Trinajstić information content (AvgIpc) is 3.02. The van der Waals surface area contributed by atoms with Gasteiger partial charge < -0.3 is 14.5 Å². The zero-order valence-corrected chi connectivity index (χ0v) is 16.8. The molecule has 1 unspecified atom stereocenters. The summed E-state index contributed by atoms with van der Waals surface area (Å²) >= 11 is 0. The number of likely N-dealkylation sites (tertiary alicyclic amines) is 1. The summed E-state index contributed by atoms with van der Waals surface area (Å²) in [5.74, 6) is 0.926. The van der Waals surface area contributed by atoms with Gasteiger partial charge in [0.2, 0.25) is 5.91 Å². The van der Waals surface area contributed by atoms with Crippen LogP contribution in [0, 0.1) is 11.3 Å². The van der Waals surface area contributed by atoms with Crippen molar-refractivity contribution in [3.8, 4) is 6.07 Å². The Hall–Kier alpha value is -3.05. The zero-order chi connectivity index (χ0) is 20.6. The molecule has 0 aromatic carbocycles. The van der Waals surface area contributed by atoms with E-state index in [0.717, 1.165) is 43.6 Å². The van der Waals surface area contributed by atoms with E-state index >= 15 is 0 Å². The third kappa shape index (κ3) is 3.29. The molecule has 2 saturated heterocycles. The smallest absolute Gasteiger partial charge is 0.248 e. The van der Waals surface area contributed by atoms with Gasteiger partial charge in [0.05, 0.1) is 11.3 Å². The molecular weight excluding hydrogens is 380 g/mol. The Kier molecular flexibility index (Phi) is 4.83. The second kappa shape index (κ2) is 7.65. The van der Waals surface area contributed by atoms with Gasteiger partial charge in [-0.1, -0.05) is 0 Å². The number of piperazine rings is 1. The standard InChI is InChI=1S/C22H24N6O2/c23-11-16-4-7-20(24-12-16)28-17-5-6-18(28)14-27(13-17)21(29)15-30-22(8-2-9-22)19-3-1-10-25-26-19/h1,3-4,7,10,12,17-18H,2,5-6,8-9,13-15H2/t17-,18?/m0/s1. The lowest BCUT2D eigenvalue weighted by molar-refractivity contribution is -0.155. The molecular formula is C22H24N6O2. The van der Waals surface area contributed by atoms with Crippen LogP contribution in [0.2, 0.25) is 0 Å². The van der Waals surface area contributed by atoms with Gasteiger partial charge in [-0.2, -0.15) is 15.5 Å². The van der Waals surface area contributed by atoms with Crippen molar-refractivity contribution in [3.63, 3.8) is 0 Å². The highest BCUT2D eigenvalue weighted by Gasteiger charge is 2.44. The number of rotatable bonds is 5. The van der Waals surface area contributed by atoms with E-state index in [1.165, 1.54) is 0 Å². The van der Waals surface area contributed by atoms with Crippen LogP contribution < -0.4 is 4.90 Å². The maximum absolute atomic E-state index is 13.0. The summed E-state index contributed by atoms with van der Waals surface area (Å²) in [5, 5.41) is 17.2. The first kappa shape index (κ1) is 18.9. The molecule has 2 bridgehead atoms. The van der Waals surface area contributed by atoms with Gasteiger partial charge in [-0.3, -0.25) is 4.79 Å². The molecule has 3 aliphatic rings. The summed E-state index contributed by atoms with van der Waals surface area (Å²) in [6, 6.07) is 10.1. The molecule has 8 nitrogen and oxygen atoms in total. The maximum atomic E-state index is 13.0. The van der Waals surface area contributed by atoms with Crippen molar-refractivity contribution in [3.05, 3.63) is 47.9 Å². The SMILES string of the molecule is N#Cc1ccc(N2C3CC[C@H]2CN(C(=O)COC2(c4cccnn4)CCC2)C3)nc1. The van der Waals surface area contributed by atoms with Crippen molar-refractivity contribution in [2.75, 3.05) is 24.6 Å². The van der Waals surface area contributed by atoms with E-state index in [4.69, 9.17) is 10.00 Å². The van der Waals surface area contributed by atoms with Crippen LogP contribution >= 0.6 is 0 Å². The average molecular weight is 404 g/mol. The molecule has 2 aromatic heterocycles. The Morgan fingerprint density at radius 2 is 2.03 bits per heavy atom. The molecule has 2 atom stereocenters. The monoisotopic (exact) mass is 404 g/mol. The molecule has 5 rings (SSSR count). The van der Waals surface area contributed by atoms with E-state index < -0.39 is 5.60 Å². The normalized spacial score (nSPS) is 24.2. The number of nitriles is 1. The molecule has 2 aromatic rings. The summed E-state index contributed by atoms with van der Waals surface area (Å²) in [6.45, 7) is 1.43. The lowest BCUT2D eigenvalue weighted by Gasteiger charge is -2.43. The van der Waals surface area contributed by atoms with Gasteiger partial charge in [-0.05, 0) is 56.4 Å². The molecule has 3 fully saturated rings. The molecule has 0 spiro atoms. The third-order valence-electron chi connectivity index (χ3n) is 6.65. The van der Waals surface area contributed by atoms with Gasteiger partial charge in [-0.25, -0.2) is 4.98 Å². The van der Waals surface area contributed by atoms with E-state index in [1.54, 1.807) is 18.5 Å². The molecule has 1 amide bonds. The topological polar surface area (TPSA) is 95.2 Å². The van der Waals surface area contributed by atoms with Gasteiger partial charge in [0.25, 0.3) is 0 Å². The van der Waals surface area contributed by atoms with Gasteiger partial charge in [0.1, 0.15) is 24.1 Å². The van der Waals surface area contributed by atoms with Crippen molar-refractivity contribution >= 4 is 11.7 Å². The number of fused-ring (bicyclic) bond motifs is 2. The first-order valence-corrected chi connectivity index (χ1v) is 10.5. The maximum Gasteiger partial charge on any atom is 0.248 e. The predicted molar refractivity (Wildman–Crippen MR) is 108 cm³/mol. The molecule has 1 saturated carbocycles. The van der Waals surface area contributed by atoms with E-state index in [2.05, 4.69) is 26.2 Å². The van der Waals surface area contributed by atoms with Crippen molar-refractivity contribution in [1.82, 2.24) is 20.1 Å². The highest BCUT2D eigenvalue weighted by atomic mass is 16.5. The van der Waals surface area contributed by atoms with Gasteiger partial charge in [-0.15, -0.1) is 0 Å². The molecule has 30 heavy (non-hydrogen) atoms. The summed E-state index contributed by atoms with van der Waals surface area (Å²) < 4.78 is 6.14. The van der Waals surface area contributed by atoms with Crippen LogP contribution in [0.5, 0.6) is 0 Å². The van der Waals surface area contributed by atoms with E-state index in [9.17, 15) is 4.79 Å². The number of hydrogen-bond donors (Lipinski definition) is 0. The van der Waals surface area contributed by atoms with Crippen molar-refractivity contribution in [2.24, 2.45) is 0 Å². The third-order valence-corrected chi connectivity index (χ3v) is 6.65. The number of carbonyl (C=O) groups excluding carboxylic acids is 1. The van der Waals surface area contributed by atoms with Crippen LogP contribution in [0.1, 0.15) is 43.4 Å². The first-order valence-electron chi connectivity index (χ1n) is 10.5. The van der Waals surface area contributed by atoms with Crippen LogP contribution in [-0.2, 0) is 15.1 Å². The largest absolute Gasteiger partial charge is 0.359 e. The number of hydrogen-bond acceptors (Lipinski definition) is 7. The number of aromatic nitrogens is 3. The molecule has 2 aliphatic heterocycles. The minimum Gasteiger partial charge on any atom is -0.359 e. The molecule has 4 heterocycles. The van der Waals surface area contributed by atoms with Crippen molar-refractivity contribution < 1.29 is 9.53 Å². The Labute approximate surface area is 175 Å². The highest BCUT2D eigenvalue weighted by molar-refractivity contribution is 5.78. The fraction of sp³-hybridized carbons (Fsp3) is 0.500. The molecule has 154 valence electrons. The van der Waals surface area contributed by atoms with Crippen molar-refractivity contribution in [1.29, 1.82) is 5.26 Å². The number of anilines is 1. The fourth-order valence-corrected chi connectivity index (χ4v) is 4.89. The molecule has 0 N–H and O–H groups in total. The van der Waals surface area contributed by atoms with E-state index in [1.807, 2.05) is 23.1 Å². The molecule has 0 radical (unpaired) electrons. The second-order valence-corrected chi connectivity index (χ2v) is 8.35. The predicted octanol–water partition coefficient (Wildman–Crippen LogP) is 2.02. The number of ether oxygens (including phenoxy) is 1. The number of amides is 1. The summed E-state index contributed by atoms with van der Waals surface area (Å²) in [4.78, 5) is 21.7. The van der Waals surface area contributed by atoms with Gasteiger partial charge >= 0.3 is 0 Å². The number of carbonyl (C=O) groups is 1. The molecule has 8 heteroatoms. The van der Waals surface area contributed by atoms with Gasteiger partial charge in [0.15, 0.2) is 0 Å². The highest BCUT2D eigenvalue weighted by Crippen LogP contribution is 2.43. The summed E-state index contributed by atoms with van der Waals surface area (Å²) in [7, 11) is 0. The number of nitrogens with zero attached hydrogens (tertiary/aromatic N) is 6. The van der Waals surface area contributed by atoms with Crippen LogP contribution in [0.3, 0.4) is 0 Å². The minimum atomic E-state index is -0.461. The van der Waals surface area contributed by atoms with Crippen LogP contribution in [0.15, 0.2) is 36.7 Å². The van der Waals surface area contributed by atoms with E-state index in [-0.39, 0.29) is 24.6 Å². The van der Waals surface area contributed by atoms with Crippen LogP contribution in [0.25, 0.3) is 0 Å². The van der Waals surface area contributed by atoms with Crippen LogP contribution in [-0.4, -0.2) is 57.8 Å². The van der Waals surface area contributed by atoms with Gasteiger partial charge in [0, 0.05) is 37.6 Å². The van der Waals surface area contributed by atoms with E-state index in [0.29, 0.717) is 18.7 Å². The summed E-state index contributed by atoms with van der Waals surface area (Å²) in [6.07, 6.45) is 8.18. The zero-order valence-electron chi connectivity index (χ0n) is 16.8.